The first kappa shape index (κ1) is 49.1. The fourth-order valence-corrected chi connectivity index (χ4v) is 9.84. The van der Waals surface area contributed by atoms with Crippen LogP contribution in [-0.4, -0.2) is 19.6 Å². The van der Waals surface area contributed by atoms with E-state index in [4.69, 9.17) is 9.97 Å². The largest absolute Gasteiger partial charge is 0.507 e. The van der Waals surface area contributed by atoms with Crippen molar-refractivity contribution in [2.45, 2.75) is 92.4 Å². The van der Waals surface area contributed by atoms with Crippen molar-refractivity contribution in [2.24, 2.45) is 0 Å². The van der Waals surface area contributed by atoms with E-state index in [1.807, 2.05) is 24.4 Å². The van der Waals surface area contributed by atoms with Crippen molar-refractivity contribution in [1.82, 2.24) is 14.5 Å². The van der Waals surface area contributed by atoms with Gasteiger partial charge in [0.15, 0.2) is 0 Å². The Balaban J connectivity index is 0.00000624. The summed E-state index contributed by atoms with van der Waals surface area (Å²) in [4.78, 5) is 10.2. The number of pyridine rings is 2. The number of para-hydroxylation sites is 3. The molecule has 0 aliphatic heterocycles. The van der Waals surface area contributed by atoms with E-state index in [9.17, 15) is 5.11 Å². The Morgan fingerprint density at radius 1 is 0.451 bits per heavy atom. The zero-order valence-corrected chi connectivity index (χ0v) is 45.0. The van der Waals surface area contributed by atoms with Crippen molar-refractivity contribution in [2.75, 3.05) is 0 Å². The third-order valence-corrected chi connectivity index (χ3v) is 14.0. The predicted molar refractivity (Wildman–Crippen MR) is 295 cm³/mol. The SMILES string of the molecule is Cc1cc(-n2c3ccccc3c3cccc(-c4ccnc(-c5[c-]c(-c6cc(-c7cc(C(C)(C)C)cc(C(C)(C)C)c7)cc(-c7ccccc7O)n6)ccc5)c4)c32)c(C)cc1-c1ccc(C(C)(C)C)cc1.[Pt]. The Bertz CT molecular complexity index is 3600. The first-order valence-electron chi connectivity index (χ1n) is 24.5. The number of aryl methyl sites for hydroxylation is 2. The first-order chi connectivity index (χ1) is 33.3. The van der Waals surface area contributed by atoms with Gasteiger partial charge in [0, 0.05) is 66.2 Å². The van der Waals surface area contributed by atoms with Gasteiger partial charge in [-0.2, -0.15) is 0 Å². The number of hydrogen-bond acceptors (Lipinski definition) is 3. The molecular formula is C66H62N3OPt-. The molecule has 0 unspecified atom stereocenters. The molecule has 10 aromatic rings. The molecule has 0 radical (unpaired) electrons. The average Bonchev–Trinajstić information content (AvgIpc) is 3.68. The molecule has 0 fully saturated rings. The normalized spacial score (nSPS) is 12.1. The number of phenolic OH excluding ortho intramolecular Hbond substituents is 1. The van der Waals surface area contributed by atoms with Crippen LogP contribution >= 0.6 is 0 Å². The molecule has 358 valence electrons. The molecule has 3 heterocycles. The van der Waals surface area contributed by atoms with E-state index < -0.39 is 0 Å². The van der Waals surface area contributed by atoms with Crippen molar-refractivity contribution < 1.29 is 26.2 Å². The number of aromatic nitrogens is 3. The van der Waals surface area contributed by atoms with Gasteiger partial charge >= 0.3 is 0 Å². The second kappa shape index (κ2) is 18.7. The number of fused-ring (bicyclic) bond motifs is 3. The van der Waals surface area contributed by atoms with Gasteiger partial charge in [0.05, 0.1) is 16.7 Å². The zero-order chi connectivity index (χ0) is 49.3. The van der Waals surface area contributed by atoms with Gasteiger partial charge in [-0.25, -0.2) is 0 Å². The molecule has 10 rings (SSSR count). The number of hydrogen-bond donors (Lipinski definition) is 1. The van der Waals surface area contributed by atoms with Crippen molar-refractivity contribution >= 4 is 21.8 Å². The van der Waals surface area contributed by atoms with Crippen LogP contribution in [0.1, 0.15) is 90.1 Å². The van der Waals surface area contributed by atoms with Crippen LogP contribution in [-0.2, 0) is 37.3 Å². The average molecular weight is 1110 g/mol. The minimum absolute atomic E-state index is 0. The third kappa shape index (κ3) is 9.55. The summed E-state index contributed by atoms with van der Waals surface area (Å²) in [5, 5.41) is 13.6. The minimum atomic E-state index is -0.0541. The number of rotatable bonds is 7. The summed E-state index contributed by atoms with van der Waals surface area (Å²) < 4.78 is 2.46. The predicted octanol–water partition coefficient (Wildman–Crippen LogP) is 17.6. The van der Waals surface area contributed by atoms with E-state index in [0.717, 1.165) is 50.3 Å². The molecule has 3 aromatic heterocycles. The smallest absolute Gasteiger partial charge is 0.124 e. The summed E-state index contributed by atoms with van der Waals surface area (Å²) in [6, 6.07) is 62.1. The van der Waals surface area contributed by atoms with Crippen LogP contribution in [0.5, 0.6) is 5.75 Å². The molecule has 0 aliphatic carbocycles. The molecule has 1 N–H and O–H groups in total. The number of benzene rings is 7. The Hall–Kier alpha value is -6.87. The summed E-state index contributed by atoms with van der Waals surface area (Å²) in [5.74, 6) is 0.189. The van der Waals surface area contributed by atoms with Gasteiger partial charge in [-0.15, -0.1) is 24.3 Å². The molecule has 0 aliphatic rings. The topological polar surface area (TPSA) is 50.9 Å². The van der Waals surface area contributed by atoms with Crippen LogP contribution in [0.15, 0.2) is 170 Å². The van der Waals surface area contributed by atoms with E-state index in [1.54, 1.807) is 6.07 Å². The van der Waals surface area contributed by atoms with Gasteiger partial charge in [-0.05, 0) is 128 Å². The summed E-state index contributed by atoms with van der Waals surface area (Å²) in [7, 11) is 0. The molecule has 0 saturated carbocycles. The number of nitrogens with zero attached hydrogens (tertiary/aromatic N) is 3. The molecule has 0 saturated heterocycles. The Morgan fingerprint density at radius 3 is 1.72 bits per heavy atom. The van der Waals surface area contributed by atoms with Crippen molar-refractivity contribution in [3.63, 3.8) is 0 Å². The maximum absolute atomic E-state index is 11.1. The van der Waals surface area contributed by atoms with Gasteiger partial charge in [0.1, 0.15) is 5.75 Å². The molecule has 5 heteroatoms. The van der Waals surface area contributed by atoms with Crippen molar-refractivity contribution in [1.29, 1.82) is 0 Å². The fourth-order valence-electron chi connectivity index (χ4n) is 9.84. The standard InChI is InChI=1S/C66H62N3O.Pt/c1-41-33-61(42(2)32-56(41)43-26-28-49(29-27-43)64(3,4)5)69-60-24-14-12-20-53(60)54-23-17-22-52(63(54)69)44-30-31-67-57(37-44)45-18-16-19-46(34-45)58-38-48(39-59(68-58)55-21-13-15-25-62(55)70)47-35-50(65(6,7)8)40-51(36-47)66(9,10)11;/h12-33,35-40,70H,1-11H3;/q-1;. The summed E-state index contributed by atoms with van der Waals surface area (Å²) >= 11 is 0. The summed E-state index contributed by atoms with van der Waals surface area (Å²) in [6.45, 7) is 24.8. The van der Waals surface area contributed by atoms with Crippen LogP contribution in [0.3, 0.4) is 0 Å². The molecule has 4 nitrogen and oxygen atoms in total. The van der Waals surface area contributed by atoms with Crippen LogP contribution in [0.25, 0.3) is 94.6 Å². The second-order valence-corrected chi connectivity index (χ2v) is 22.2. The number of aromatic hydroxyl groups is 1. The van der Waals surface area contributed by atoms with Gasteiger partial charge in [0.25, 0.3) is 0 Å². The molecule has 7 aromatic carbocycles. The van der Waals surface area contributed by atoms with Crippen LogP contribution in [0.4, 0.5) is 0 Å². The second-order valence-electron chi connectivity index (χ2n) is 22.2. The molecule has 0 amide bonds. The van der Waals surface area contributed by atoms with Gasteiger partial charge in [0.2, 0.25) is 0 Å². The van der Waals surface area contributed by atoms with Crippen LogP contribution < -0.4 is 0 Å². The third-order valence-electron chi connectivity index (χ3n) is 14.0. The maximum Gasteiger partial charge on any atom is 0.124 e. The van der Waals surface area contributed by atoms with E-state index >= 15 is 0 Å². The quantitative estimate of drug-likeness (QED) is 0.162. The van der Waals surface area contributed by atoms with E-state index in [0.29, 0.717) is 11.3 Å². The molecule has 0 bridgehead atoms. The zero-order valence-electron chi connectivity index (χ0n) is 42.8. The maximum atomic E-state index is 11.1. The first-order valence-corrected chi connectivity index (χ1v) is 24.5. The molecular weight excluding hydrogens is 1050 g/mol. The summed E-state index contributed by atoms with van der Waals surface area (Å²) in [6.07, 6.45) is 1.91. The fraction of sp³-hybridized carbons (Fsp3) is 0.212. The van der Waals surface area contributed by atoms with E-state index in [-0.39, 0.29) is 43.1 Å². The minimum Gasteiger partial charge on any atom is -0.507 e. The Morgan fingerprint density at radius 2 is 1.03 bits per heavy atom. The van der Waals surface area contributed by atoms with Gasteiger partial charge in [-0.3, -0.25) is 9.97 Å². The Kier molecular flexibility index (Phi) is 12.9. The summed E-state index contributed by atoms with van der Waals surface area (Å²) in [5.41, 5.74) is 21.3. The molecule has 71 heavy (non-hydrogen) atoms. The Labute approximate surface area is 434 Å². The van der Waals surface area contributed by atoms with Crippen molar-refractivity contribution in [3.05, 3.63) is 204 Å². The van der Waals surface area contributed by atoms with Gasteiger partial charge in [-0.1, -0.05) is 177 Å². The van der Waals surface area contributed by atoms with Crippen LogP contribution in [0, 0.1) is 19.9 Å². The van der Waals surface area contributed by atoms with Crippen molar-refractivity contribution in [3.8, 4) is 78.6 Å². The van der Waals surface area contributed by atoms with Gasteiger partial charge < -0.3 is 9.67 Å². The van der Waals surface area contributed by atoms with E-state index in [1.165, 1.54) is 60.9 Å². The molecule has 0 spiro atoms. The molecule has 0 atom stereocenters. The van der Waals surface area contributed by atoms with E-state index in [2.05, 4.69) is 226 Å². The monoisotopic (exact) mass is 1110 g/mol. The van der Waals surface area contributed by atoms with Crippen LogP contribution in [0.2, 0.25) is 0 Å². The number of phenols is 1.